The lowest BCUT2D eigenvalue weighted by atomic mass is 10.1. The van der Waals surface area contributed by atoms with Gasteiger partial charge >= 0.3 is 0 Å². The van der Waals surface area contributed by atoms with Crippen LogP contribution in [0.5, 0.6) is 0 Å². The highest BCUT2D eigenvalue weighted by atomic mass is 16.2. The molecule has 0 saturated carbocycles. The molecule has 3 heterocycles. The Bertz CT molecular complexity index is 838. The Balaban J connectivity index is 1.42. The topological polar surface area (TPSA) is 65.5 Å². The smallest absolute Gasteiger partial charge is 0.272 e. The second-order valence-corrected chi connectivity index (χ2v) is 7.48. The molecule has 0 radical (unpaired) electrons. The molecule has 2 aliphatic heterocycles. The van der Waals surface area contributed by atoms with E-state index in [1.54, 1.807) is 12.1 Å². The fourth-order valence-electron chi connectivity index (χ4n) is 3.88. The standard InChI is InChI=1S/C22H26N4O2/c27-21(24-18-6-8-19(9-7-18)25-12-4-5-13-25)17-10-11-23-20(16-17)22(28)26-14-2-1-3-15-26/h6-11,16H,1-5,12-15H2,(H,24,27). The Labute approximate surface area is 165 Å². The zero-order valence-electron chi connectivity index (χ0n) is 16.1. The number of hydrogen-bond donors (Lipinski definition) is 1. The van der Waals surface area contributed by atoms with Gasteiger partial charge in [0.05, 0.1) is 0 Å². The summed E-state index contributed by atoms with van der Waals surface area (Å²) in [6.07, 6.45) is 7.22. The maximum atomic E-state index is 12.6. The lowest BCUT2D eigenvalue weighted by Crippen LogP contribution is -2.36. The van der Waals surface area contributed by atoms with E-state index in [1.165, 1.54) is 24.7 Å². The van der Waals surface area contributed by atoms with Crippen molar-refractivity contribution < 1.29 is 9.59 Å². The fraction of sp³-hybridized carbons (Fsp3) is 0.409. The number of amides is 2. The zero-order chi connectivity index (χ0) is 19.3. The van der Waals surface area contributed by atoms with Gasteiger partial charge in [0.25, 0.3) is 11.8 Å². The van der Waals surface area contributed by atoms with E-state index in [-0.39, 0.29) is 11.8 Å². The van der Waals surface area contributed by atoms with Crippen LogP contribution < -0.4 is 10.2 Å². The Kier molecular flexibility index (Phi) is 5.55. The predicted octanol–water partition coefficient (Wildman–Crippen LogP) is 3.56. The minimum Gasteiger partial charge on any atom is -0.372 e. The molecule has 28 heavy (non-hydrogen) atoms. The monoisotopic (exact) mass is 378 g/mol. The molecule has 6 nitrogen and oxygen atoms in total. The average molecular weight is 378 g/mol. The molecular weight excluding hydrogens is 352 g/mol. The van der Waals surface area contributed by atoms with Gasteiger partial charge in [-0.25, -0.2) is 0 Å². The summed E-state index contributed by atoms with van der Waals surface area (Å²) >= 11 is 0. The van der Waals surface area contributed by atoms with Crippen LogP contribution in [0.3, 0.4) is 0 Å². The Morgan fingerprint density at radius 2 is 1.54 bits per heavy atom. The first-order valence-electron chi connectivity index (χ1n) is 10.1. The van der Waals surface area contributed by atoms with Crippen molar-refractivity contribution in [3.63, 3.8) is 0 Å². The molecule has 4 rings (SSSR count). The summed E-state index contributed by atoms with van der Waals surface area (Å²) in [5.74, 6) is -0.326. The summed E-state index contributed by atoms with van der Waals surface area (Å²) in [5.41, 5.74) is 2.71. The molecule has 0 atom stereocenters. The van der Waals surface area contributed by atoms with Crippen LogP contribution in [-0.4, -0.2) is 47.9 Å². The van der Waals surface area contributed by atoms with Gasteiger partial charge in [-0.3, -0.25) is 14.6 Å². The quantitative estimate of drug-likeness (QED) is 0.883. The molecule has 0 bridgehead atoms. The largest absolute Gasteiger partial charge is 0.372 e. The molecule has 1 N–H and O–H groups in total. The van der Waals surface area contributed by atoms with Crippen molar-refractivity contribution in [2.75, 3.05) is 36.4 Å². The maximum Gasteiger partial charge on any atom is 0.272 e. The minimum atomic E-state index is -0.232. The number of carbonyl (C=O) groups excluding carboxylic acids is 2. The summed E-state index contributed by atoms with van der Waals surface area (Å²) < 4.78 is 0. The molecule has 1 aromatic heterocycles. The van der Waals surface area contributed by atoms with E-state index >= 15 is 0 Å². The SMILES string of the molecule is O=C(Nc1ccc(N2CCCC2)cc1)c1ccnc(C(=O)N2CCCCC2)c1. The van der Waals surface area contributed by atoms with Gasteiger partial charge < -0.3 is 15.1 Å². The molecule has 0 unspecified atom stereocenters. The van der Waals surface area contributed by atoms with Crippen LogP contribution in [-0.2, 0) is 0 Å². The maximum absolute atomic E-state index is 12.6. The van der Waals surface area contributed by atoms with Crippen LogP contribution in [0.25, 0.3) is 0 Å². The Morgan fingerprint density at radius 1 is 0.857 bits per heavy atom. The lowest BCUT2D eigenvalue weighted by molar-refractivity contribution is 0.0718. The molecule has 1 aromatic carbocycles. The highest BCUT2D eigenvalue weighted by Gasteiger charge is 2.20. The zero-order valence-corrected chi connectivity index (χ0v) is 16.1. The van der Waals surface area contributed by atoms with Crippen molar-refractivity contribution in [3.05, 3.63) is 53.9 Å². The number of likely N-dealkylation sites (tertiary alicyclic amines) is 1. The molecule has 6 heteroatoms. The van der Waals surface area contributed by atoms with Crippen LogP contribution >= 0.6 is 0 Å². The second-order valence-electron chi connectivity index (χ2n) is 7.48. The van der Waals surface area contributed by atoms with Crippen molar-refractivity contribution in [2.24, 2.45) is 0 Å². The van der Waals surface area contributed by atoms with Crippen molar-refractivity contribution in [3.8, 4) is 0 Å². The highest BCUT2D eigenvalue weighted by molar-refractivity contribution is 6.05. The third kappa shape index (κ3) is 4.16. The third-order valence-corrected chi connectivity index (χ3v) is 5.48. The van der Waals surface area contributed by atoms with E-state index in [0.29, 0.717) is 11.3 Å². The minimum absolute atomic E-state index is 0.0932. The van der Waals surface area contributed by atoms with Crippen molar-refractivity contribution in [1.29, 1.82) is 0 Å². The predicted molar refractivity (Wildman–Crippen MR) is 110 cm³/mol. The molecule has 2 amide bonds. The van der Waals surface area contributed by atoms with Crippen molar-refractivity contribution in [1.82, 2.24) is 9.88 Å². The van der Waals surface area contributed by atoms with Crippen LogP contribution in [0, 0.1) is 0 Å². The van der Waals surface area contributed by atoms with Crippen molar-refractivity contribution >= 4 is 23.2 Å². The highest BCUT2D eigenvalue weighted by Crippen LogP contribution is 2.22. The van der Waals surface area contributed by atoms with Gasteiger partial charge in [0, 0.05) is 49.3 Å². The number of nitrogens with zero attached hydrogens (tertiary/aromatic N) is 3. The molecule has 0 spiro atoms. The number of pyridine rings is 1. The number of anilines is 2. The third-order valence-electron chi connectivity index (χ3n) is 5.48. The molecule has 0 aliphatic carbocycles. The van der Waals surface area contributed by atoms with Crippen LogP contribution in [0.15, 0.2) is 42.6 Å². The second kappa shape index (κ2) is 8.42. The van der Waals surface area contributed by atoms with Crippen LogP contribution in [0.1, 0.15) is 53.0 Å². The van der Waals surface area contributed by atoms with Gasteiger partial charge in [0.2, 0.25) is 0 Å². The van der Waals surface area contributed by atoms with E-state index in [1.807, 2.05) is 29.2 Å². The summed E-state index contributed by atoms with van der Waals surface area (Å²) in [6, 6.07) is 11.2. The number of aromatic nitrogens is 1. The van der Waals surface area contributed by atoms with E-state index in [2.05, 4.69) is 15.2 Å². The summed E-state index contributed by atoms with van der Waals surface area (Å²) in [5, 5.41) is 2.91. The first-order chi connectivity index (χ1) is 13.7. The number of hydrogen-bond acceptors (Lipinski definition) is 4. The average Bonchev–Trinajstić information content (AvgIpc) is 3.29. The molecule has 146 valence electrons. The van der Waals surface area contributed by atoms with Gasteiger partial charge in [-0.15, -0.1) is 0 Å². The Hall–Kier alpha value is -2.89. The molecule has 2 aromatic rings. The number of nitrogens with one attached hydrogen (secondary N) is 1. The molecule has 2 fully saturated rings. The number of benzene rings is 1. The van der Waals surface area contributed by atoms with E-state index in [9.17, 15) is 9.59 Å². The summed E-state index contributed by atoms with van der Waals surface area (Å²) in [7, 11) is 0. The van der Waals surface area contributed by atoms with Gasteiger partial charge in [-0.05, 0) is 68.5 Å². The van der Waals surface area contributed by atoms with Gasteiger partial charge in [-0.1, -0.05) is 0 Å². The molecular formula is C22H26N4O2. The van der Waals surface area contributed by atoms with E-state index in [0.717, 1.165) is 51.1 Å². The first kappa shape index (κ1) is 18.5. The fourth-order valence-corrected chi connectivity index (χ4v) is 3.88. The number of piperidine rings is 1. The van der Waals surface area contributed by atoms with E-state index < -0.39 is 0 Å². The van der Waals surface area contributed by atoms with E-state index in [4.69, 9.17) is 0 Å². The Morgan fingerprint density at radius 3 is 2.25 bits per heavy atom. The number of carbonyl (C=O) groups is 2. The van der Waals surface area contributed by atoms with Gasteiger partial charge in [0.15, 0.2) is 0 Å². The molecule has 2 saturated heterocycles. The van der Waals surface area contributed by atoms with Crippen molar-refractivity contribution in [2.45, 2.75) is 32.1 Å². The lowest BCUT2D eigenvalue weighted by Gasteiger charge is -2.26. The summed E-state index contributed by atoms with van der Waals surface area (Å²) in [4.78, 5) is 33.6. The summed E-state index contributed by atoms with van der Waals surface area (Å²) in [6.45, 7) is 3.72. The molecule has 2 aliphatic rings. The van der Waals surface area contributed by atoms with Gasteiger partial charge in [0.1, 0.15) is 5.69 Å². The number of rotatable bonds is 4. The van der Waals surface area contributed by atoms with Crippen LogP contribution in [0.2, 0.25) is 0 Å². The normalized spacial score (nSPS) is 16.9. The first-order valence-corrected chi connectivity index (χ1v) is 10.1. The van der Waals surface area contributed by atoms with Gasteiger partial charge in [-0.2, -0.15) is 0 Å². The van der Waals surface area contributed by atoms with Crippen LogP contribution in [0.4, 0.5) is 11.4 Å².